The number of hydrogen-bond acceptors (Lipinski definition) is 3. The number of ketones is 1. The van der Waals surface area contributed by atoms with E-state index in [1.54, 1.807) is 19.2 Å². The van der Waals surface area contributed by atoms with Gasteiger partial charge in [-0.25, -0.2) is 12.7 Å². The zero-order valence-corrected chi connectivity index (χ0v) is 11.4. The Labute approximate surface area is 108 Å². The summed E-state index contributed by atoms with van der Waals surface area (Å²) < 4.78 is 25.8. The zero-order valence-electron chi connectivity index (χ0n) is 10.6. The summed E-state index contributed by atoms with van der Waals surface area (Å²) in [5.41, 5.74) is 0.527. The molecule has 98 valence electrons. The van der Waals surface area contributed by atoms with Gasteiger partial charge in [-0.1, -0.05) is 12.1 Å². The number of carbonyl (C=O) groups excluding carboxylic acids is 1. The molecule has 0 radical (unpaired) electrons. The summed E-state index contributed by atoms with van der Waals surface area (Å²) in [6.45, 7) is 2.04. The fourth-order valence-electron chi connectivity index (χ4n) is 1.80. The van der Waals surface area contributed by atoms with Crippen LogP contribution in [0, 0.1) is 5.92 Å². The molecule has 0 atom stereocenters. The molecule has 0 unspecified atom stereocenters. The monoisotopic (exact) mass is 267 g/mol. The van der Waals surface area contributed by atoms with Gasteiger partial charge in [0, 0.05) is 19.2 Å². The second kappa shape index (κ2) is 4.82. The van der Waals surface area contributed by atoms with E-state index in [9.17, 15) is 13.2 Å². The first-order valence-corrected chi connectivity index (χ1v) is 7.42. The lowest BCUT2D eigenvalue weighted by atomic mass is 10.2. The summed E-state index contributed by atoms with van der Waals surface area (Å²) in [5.74, 6) is 0.451. The molecule has 0 amide bonds. The number of carbonyl (C=O) groups is 1. The van der Waals surface area contributed by atoms with Crippen LogP contribution >= 0.6 is 0 Å². The largest absolute Gasteiger partial charge is 0.295 e. The second-order valence-electron chi connectivity index (χ2n) is 4.81. The van der Waals surface area contributed by atoms with Gasteiger partial charge in [-0.2, -0.15) is 0 Å². The number of sulfonamides is 1. The quantitative estimate of drug-likeness (QED) is 0.766. The average Bonchev–Trinajstić information content (AvgIpc) is 3.13. The highest BCUT2D eigenvalue weighted by molar-refractivity contribution is 7.89. The summed E-state index contributed by atoms with van der Waals surface area (Å²) in [6, 6.07) is 6.10. The highest BCUT2D eigenvalue weighted by Crippen LogP contribution is 2.30. The molecule has 0 spiro atoms. The van der Waals surface area contributed by atoms with Crippen LogP contribution in [0.3, 0.4) is 0 Å². The third-order valence-electron chi connectivity index (χ3n) is 3.18. The Morgan fingerprint density at radius 3 is 2.28 bits per heavy atom. The molecular formula is C13H17NO3S. The number of benzene rings is 1. The van der Waals surface area contributed by atoms with Gasteiger partial charge in [-0.3, -0.25) is 4.79 Å². The first-order valence-electron chi connectivity index (χ1n) is 5.98. The van der Waals surface area contributed by atoms with E-state index in [2.05, 4.69) is 0 Å². The van der Waals surface area contributed by atoms with Crippen molar-refractivity contribution in [3.63, 3.8) is 0 Å². The lowest BCUT2D eigenvalue weighted by Crippen LogP contribution is -2.28. The van der Waals surface area contributed by atoms with Crippen molar-refractivity contribution in [3.05, 3.63) is 29.8 Å². The lowest BCUT2D eigenvalue weighted by molar-refractivity contribution is 0.101. The van der Waals surface area contributed by atoms with Gasteiger partial charge in [0.1, 0.15) is 0 Å². The predicted molar refractivity (Wildman–Crippen MR) is 69.0 cm³/mol. The van der Waals surface area contributed by atoms with E-state index in [-0.39, 0.29) is 10.7 Å². The van der Waals surface area contributed by atoms with Crippen LogP contribution in [0.5, 0.6) is 0 Å². The molecule has 0 bridgehead atoms. The molecule has 4 nitrogen and oxygen atoms in total. The predicted octanol–water partition coefficient (Wildman–Crippen LogP) is 1.92. The lowest BCUT2D eigenvalue weighted by Gasteiger charge is -2.16. The Balaban J connectivity index is 2.20. The average molecular weight is 267 g/mol. The van der Waals surface area contributed by atoms with Gasteiger partial charge in [-0.05, 0) is 37.8 Å². The van der Waals surface area contributed by atoms with Crippen molar-refractivity contribution >= 4 is 15.8 Å². The number of nitrogens with zero attached hydrogens (tertiary/aromatic N) is 1. The Bertz CT molecular complexity index is 544. The van der Waals surface area contributed by atoms with Crippen LogP contribution in [0.25, 0.3) is 0 Å². The molecule has 0 aliphatic heterocycles. The van der Waals surface area contributed by atoms with Crippen molar-refractivity contribution in [2.75, 3.05) is 13.6 Å². The summed E-state index contributed by atoms with van der Waals surface area (Å²) in [6.07, 6.45) is 2.23. The van der Waals surface area contributed by atoms with E-state index in [0.717, 1.165) is 12.8 Å². The smallest absolute Gasteiger partial charge is 0.242 e. The van der Waals surface area contributed by atoms with Crippen molar-refractivity contribution in [3.8, 4) is 0 Å². The molecule has 5 heteroatoms. The minimum atomic E-state index is -3.41. The van der Waals surface area contributed by atoms with Gasteiger partial charge in [0.25, 0.3) is 0 Å². The van der Waals surface area contributed by atoms with Crippen molar-refractivity contribution in [1.29, 1.82) is 0 Å². The van der Waals surface area contributed by atoms with Gasteiger partial charge in [0.15, 0.2) is 5.78 Å². The minimum absolute atomic E-state index is 0.0646. The SMILES string of the molecule is CC(=O)c1ccc(S(=O)(=O)N(C)CC2CC2)cc1. The Morgan fingerprint density at radius 1 is 1.28 bits per heavy atom. The van der Waals surface area contributed by atoms with Crippen LogP contribution in [-0.2, 0) is 10.0 Å². The molecule has 0 aromatic heterocycles. The summed E-state index contributed by atoms with van der Waals surface area (Å²) in [5, 5.41) is 0. The van der Waals surface area contributed by atoms with E-state index in [1.165, 1.54) is 23.4 Å². The molecule has 1 aromatic rings. The van der Waals surface area contributed by atoms with Crippen molar-refractivity contribution in [1.82, 2.24) is 4.31 Å². The van der Waals surface area contributed by atoms with Crippen molar-refractivity contribution in [2.45, 2.75) is 24.7 Å². The molecule has 0 N–H and O–H groups in total. The van der Waals surface area contributed by atoms with Gasteiger partial charge in [-0.15, -0.1) is 0 Å². The molecular weight excluding hydrogens is 250 g/mol. The van der Waals surface area contributed by atoms with Gasteiger partial charge in [0.05, 0.1) is 4.90 Å². The molecule has 1 aliphatic carbocycles. The second-order valence-corrected chi connectivity index (χ2v) is 6.85. The Hall–Kier alpha value is -1.20. The van der Waals surface area contributed by atoms with Crippen molar-refractivity contribution < 1.29 is 13.2 Å². The Morgan fingerprint density at radius 2 is 1.83 bits per heavy atom. The molecule has 1 fully saturated rings. The molecule has 1 saturated carbocycles. The standard InChI is InChI=1S/C13H17NO3S/c1-10(15)12-5-7-13(8-6-12)18(16,17)14(2)9-11-3-4-11/h5-8,11H,3-4,9H2,1-2H3. The first-order chi connectivity index (χ1) is 8.41. The molecule has 18 heavy (non-hydrogen) atoms. The third kappa shape index (κ3) is 2.79. The number of rotatable bonds is 5. The number of Topliss-reactive ketones (excluding diaryl/α,β-unsaturated/α-hetero) is 1. The van der Waals surface area contributed by atoms with Gasteiger partial charge < -0.3 is 0 Å². The maximum atomic E-state index is 12.2. The Kier molecular flexibility index (Phi) is 3.54. The summed E-state index contributed by atoms with van der Waals surface area (Å²) in [4.78, 5) is 11.4. The maximum Gasteiger partial charge on any atom is 0.242 e. The van der Waals surface area contributed by atoms with E-state index in [0.29, 0.717) is 18.0 Å². The fourth-order valence-corrected chi connectivity index (χ4v) is 3.05. The van der Waals surface area contributed by atoms with Crippen LogP contribution in [0.15, 0.2) is 29.2 Å². The van der Waals surface area contributed by atoms with E-state index >= 15 is 0 Å². The molecule has 2 rings (SSSR count). The maximum absolute atomic E-state index is 12.2. The number of hydrogen-bond donors (Lipinski definition) is 0. The van der Waals surface area contributed by atoms with E-state index in [1.807, 2.05) is 0 Å². The van der Waals surface area contributed by atoms with Crippen molar-refractivity contribution in [2.24, 2.45) is 5.92 Å². The highest BCUT2D eigenvalue weighted by atomic mass is 32.2. The molecule has 1 aromatic carbocycles. The van der Waals surface area contributed by atoms with E-state index < -0.39 is 10.0 Å². The zero-order chi connectivity index (χ0) is 13.3. The normalized spacial score (nSPS) is 15.9. The molecule has 0 heterocycles. The van der Waals surface area contributed by atoms with Crippen LogP contribution < -0.4 is 0 Å². The van der Waals surface area contributed by atoms with E-state index in [4.69, 9.17) is 0 Å². The van der Waals surface area contributed by atoms with Gasteiger partial charge in [0.2, 0.25) is 10.0 Å². The molecule has 0 saturated heterocycles. The minimum Gasteiger partial charge on any atom is -0.295 e. The summed E-state index contributed by atoms with van der Waals surface area (Å²) in [7, 11) is -1.81. The van der Waals surface area contributed by atoms with Crippen LogP contribution in [0.2, 0.25) is 0 Å². The van der Waals surface area contributed by atoms with Crippen LogP contribution in [0.1, 0.15) is 30.1 Å². The van der Waals surface area contributed by atoms with Crippen LogP contribution in [0.4, 0.5) is 0 Å². The summed E-state index contributed by atoms with van der Waals surface area (Å²) >= 11 is 0. The molecule has 1 aliphatic rings. The topological polar surface area (TPSA) is 54.5 Å². The van der Waals surface area contributed by atoms with Gasteiger partial charge >= 0.3 is 0 Å². The third-order valence-corrected chi connectivity index (χ3v) is 5.02. The highest BCUT2D eigenvalue weighted by Gasteiger charge is 2.29. The van der Waals surface area contributed by atoms with Crippen LogP contribution in [-0.4, -0.2) is 32.1 Å². The fraction of sp³-hybridized carbons (Fsp3) is 0.462. The first kappa shape index (κ1) is 13.2.